The molecule has 116 valence electrons. The molecule has 2 atom stereocenters. The molecule has 4 nitrogen and oxygen atoms in total. The van der Waals surface area contributed by atoms with Gasteiger partial charge in [0.25, 0.3) is 5.91 Å². The lowest BCUT2D eigenvalue weighted by Crippen LogP contribution is -2.68. The zero-order valence-corrected chi connectivity index (χ0v) is 13.6. The van der Waals surface area contributed by atoms with Crippen molar-refractivity contribution in [3.63, 3.8) is 0 Å². The Labute approximate surface area is 127 Å². The monoisotopic (exact) mass is 290 g/mol. The average molecular weight is 290 g/mol. The molecule has 1 amide bonds. The maximum atomic E-state index is 12.6. The first-order valence-corrected chi connectivity index (χ1v) is 7.38. The summed E-state index contributed by atoms with van der Waals surface area (Å²) in [5.41, 5.74) is 7.09. The smallest absolute Gasteiger partial charge is 0.253 e. The Morgan fingerprint density at radius 3 is 2.33 bits per heavy atom. The minimum Gasteiger partial charge on any atom is -0.378 e. The van der Waals surface area contributed by atoms with Crippen molar-refractivity contribution < 1.29 is 9.53 Å². The first kappa shape index (κ1) is 16.0. The zero-order chi connectivity index (χ0) is 15.8. The van der Waals surface area contributed by atoms with Crippen LogP contribution >= 0.6 is 0 Å². The summed E-state index contributed by atoms with van der Waals surface area (Å²) in [7, 11) is 3.62. The topological polar surface area (TPSA) is 55.6 Å². The minimum absolute atomic E-state index is 0.0507. The Kier molecular flexibility index (Phi) is 4.13. The lowest BCUT2D eigenvalue weighted by molar-refractivity contribution is -0.198. The van der Waals surface area contributed by atoms with E-state index in [0.29, 0.717) is 12.1 Å². The molecule has 1 saturated carbocycles. The van der Waals surface area contributed by atoms with Crippen molar-refractivity contribution in [3.05, 3.63) is 35.4 Å². The number of amides is 1. The summed E-state index contributed by atoms with van der Waals surface area (Å²) in [5, 5.41) is 0. The highest BCUT2D eigenvalue weighted by Gasteiger charge is 2.59. The lowest BCUT2D eigenvalue weighted by atomic mass is 9.55. The molecule has 0 spiro atoms. The minimum atomic E-state index is -0.171. The molecular formula is C17H26N2O2. The van der Waals surface area contributed by atoms with Crippen LogP contribution in [0.4, 0.5) is 0 Å². The van der Waals surface area contributed by atoms with Crippen LogP contribution in [0.5, 0.6) is 0 Å². The van der Waals surface area contributed by atoms with Crippen LogP contribution in [0.1, 0.15) is 43.1 Å². The van der Waals surface area contributed by atoms with Crippen molar-refractivity contribution in [1.82, 2.24) is 4.90 Å². The van der Waals surface area contributed by atoms with Gasteiger partial charge >= 0.3 is 0 Å². The number of carbonyl (C=O) groups is 1. The summed E-state index contributed by atoms with van der Waals surface area (Å²) in [6, 6.07) is 7.70. The van der Waals surface area contributed by atoms with E-state index in [1.165, 1.54) is 0 Å². The summed E-state index contributed by atoms with van der Waals surface area (Å²) in [6.45, 7) is 6.92. The summed E-state index contributed by atoms with van der Waals surface area (Å²) < 4.78 is 5.63. The van der Waals surface area contributed by atoms with E-state index >= 15 is 0 Å². The number of methoxy groups -OCH3 is 1. The standard InChI is InChI=1S/C17H26N2O2/c1-16(2)14(10-17(16,3)21-5)19(4)15(20)13-8-6-12(11-18)7-9-13/h6-9,14H,10-11,18H2,1-5H3/t14-,17-/m0/s1. The fourth-order valence-electron chi connectivity index (χ4n) is 3.20. The predicted octanol–water partition coefficient (Wildman–Crippen LogP) is 2.42. The molecule has 1 aliphatic carbocycles. The Bertz CT molecular complexity index is 524. The summed E-state index contributed by atoms with van der Waals surface area (Å²) in [4.78, 5) is 14.5. The second kappa shape index (κ2) is 5.43. The van der Waals surface area contributed by atoms with E-state index in [9.17, 15) is 4.79 Å². The molecule has 1 fully saturated rings. The lowest BCUT2D eigenvalue weighted by Gasteiger charge is -2.61. The molecule has 0 bridgehead atoms. The van der Waals surface area contributed by atoms with E-state index in [-0.39, 0.29) is 23.0 Å². The van der Waals surface area contributed by atoms with E-state index in [1.807, 2.05) is 36.2 Å². The van der Waals surface area contributed by atoms with Crippen molar-refractivity contribution in [1.29, 1.82) is 0 Å². The van der Waals surface area contributed by atoms with E-state index in [1.54, 1.807) is 7.11 Å². The zero-order valence-electron chi connectivity index (χ0n) is 13.6. The number of hydrogen-bond acceptors (Lipinski definition) is 3. The molecule has 0 unspecified atom stereocenters. The fraction of sp³-hybridized carbons (Fsp3) is 0.588. The Morgan fingerprint density at radius 2 is 1.90 bits per heavy atom. The molecular weight excluding hydrogens is 264 g/mol. The largest absolute Gasteiger partial charge is 0.378 e. The molecule has 1 aromatic rings. The molecule has 0 heterocycles. The third-order valence-corrected chi connectivity index (χ3v) is 5.45. The first-order valence-electron chi connectivity index (χ1n) is 7.38. The highest BCUT2D eigenvalue weighted by Crippen LogP contribution is 2.53. The van der Waals surface area contributed by atoms with Gasteiger partial charge in [-0.1, -0.05) is 26.0 Å². The van der Waals surface area contributed by atoms with Gasteiger partial charge in [-0.05, 0) is 31.0 Å². The van der Waals surface area contributed by atoms with Crippen LogP contribution in [0.2, 0.25) is 0 Å². The van der Waals surface area contributed by atoms with Crippen LogP contribution in [0, 0.1) is 5.41 Å². The molecule has 0 aromatic heterocycles. The molecule has 4 heteroatoms. The third kappa shape index (κ3) is 2.47. The van der Waals surface area contributed by atoms with Crippen LogP contribution in [0.15, 0.2) is 24.3 Å². The molecule has 0 saturated heterocycles. The van der Waals surface area contributed by atoms with E-state index in [0.717, 1.165) is 12.0 Å². The van der Waals surface area contributed by atoms with E-state index < -0.39 is 0 Å². The van der Waals surface area contributed by atoms with Gasteiger partial charge in [0.1, 0.15) is 0 Å². The SMILES string of the molecule is CO[C@@]1(C)C[C@H](N(C)C(=O)c2ccc(CN)cc2)C1(C)C. The number of ether oxygens (including phenoxy) is 1. The van der Waals surface area contributed by atoms with Crippen LogP contribution in [-0.4, -0.2) is 36.6 Å². The van der Waals surface area contributed by atoms with Gasteiger partial charge in [0.15, 0.2) is 0 Å². The maximum absolute atomic E-state index is 12.6. The van der Waals surface area contributed by atoms with Crippen LogP contribution in [0.25, 0.3) is 0 Å². The third-order valence-electron chi connectivity index (χ3n) is 5.45. The number of hydrogen-bond donors (Lipinski definition) is 1. The number of rotatable bonds is 4. The van der Waals surface area contributed by atoms with Gasteiger partial charge in [-0.3, -0.25) is 4.79 Å². The summed E-state index contributed by atoms with van der Waals surface area (Å²) in [6.07, 6.45) is 0.861. The average Bonchev–Trinajstić information content (AvgIpc) is 2.50. The number of nitrogens with two attached hydrogens (primary N) is 1. The van der Waals surface area contributed by atoms with Crippen molar-refractivity contribution in [2.45, 2.75) is 45.4 Å². The van der Waals surface area contributed by atoms with Gasteiger partial charge in [-0.25, -0.2) is 0 Å². The molecule has 1 aromatic carbocycles. The maximum Gasteiger partial charge on any atom is 0.253 e. The van der Waals surface area contributed by atoms with Crippen LogP contribution in [-0.2, 0) is 11.3 Å². The number of benzene rings is 1. The number of nitrogens with zero attached hydrogens (tertiary/aromatic N) is 1. The number of carbonyl (C=O) groups excluding carboxylic acids is 1. The van der Waals surface area contributed by atoms with E-state index in [4.69, 9.17) is 10.5 Å². The molecule has 0 aliphatic heterocycles. The van der Waals surface area contributed by atoms with Gasteiger partial charge in [0.05, 0.1) is 5.60 Å². The van der Waals surface area contributed by atoms with Gasteiger partial charge < -0.3 is 15.4 Å². The second-order valence-electron chi connectivity index (χ2n) is 6.69. The van der Waals surface area contributed by atoms with Crippen molar-refractivity contribution in [2.75, 3.05) is 14.2 Å². The van der Waals surface area contributed by atoms with Crippen molar-refractivity contribution in [3.8, 4) is 0 Å². The summed E-state index contributed by atoms with van der Waals surface area (Å²) in [5.74, 6) is 0.0507. The van der Waals surface area contributed by atoms with Crippen LogP contribution < -0.4 is 5.73 Å². The molecule has 2 rings (SSSR count). The van der Waals surface area contributed by atoms with Gasteiger partial charge in [0.2, 0.25) is 0 Å². The van der Waals surface area contributed by atoms with E-state index in [2.05, 4.69) is 20.8 Å². The first-order chi connectivity index (χ1) is 9.76. The summed E-state index contributed by atoms with van der Waals surface area (Å²) >= 11 is 0. The predicted molar refractivity (Wildman–Crippen MR) is 84.0 cm³/mol. The fourth-order valence-corrected chi connectivity index (χ4v) is 3.20. The van der Waals surface area contributed by atoms with Gasteiger partial charge in [-0.15, -0.1) is 0 Å². The Balaban J connectivity index is 2.13. The van der Waals surface area contributed by atoms with Gasteiger partial charge in [-0.2, -0.15) is 0 Å². The Morgan fingerprint density at radius 1 is 1.33 bits per heavy atom. The normalized spacial score (nSPS) is 27.0. The molecule has 0 radical (unpaired) electrons. The molecule has 1 aliphatic rings. The highest BCUT2D eigenvalue weighted by molar-refractivity contribution is 5.94. The van der Waals surface area contributed by atoms with Crippen molar-refractivity contribution in [2.24, 2.45) is 11.1 Å². The van der Waals surface area contributed by atoms with Crippen molar-refractivity contribution >= 4 is 5.91 Å². The molecule has 21 heavy (non-hydrogen) atoms. The Hall–Kier alpha value is -1.39. The molecule has 2 N–H and O–H groups in total. The van der Waals surface area contributed by atoms with Crippen LogP contribution in [0.3, 0.4) is 0 Å². The quantitative estimate of drug-likeness (QED) is 0.926. The van der Waals surface area contributed by atoms with Gasteiger partial charge in [0, 0.05) is 37.7 Å². The highest BCUT2D eigenvalue weighted by atomic mass is 16.5. The second-order valence-corrected chi connectivity index (χ2v) is 6.69.